The van der Waals surface area contributed by atoms with Gasteiger partial charge in [-0.25, -0.2) is 0 Å². The lowest BCUT2D eigenvalue weighted by Crippen LogP contribution is -2.12. The van der Waals surface area contributed by atoms with Gasteiger partial charge in [0.1, 0.15) is 0 Å². The maximum absolute atomic E-state index is 12.5. The SMILES string of the molecule is Cc1ccccc1NS(=O)(=O)c1ccc(-c2nnc(C3CCC3)o2)o1. The van der Waals surface area contributed by atoms with Crippen molar-refractivity contribution in [2.45, 2.75) is 37.2 Å². The Morgan fingerprint density at radius 2 is 1.88 bits per heavy atom. The number of benzene rings is 1. The standard InChI is InChI=1S/C17H17N3O4S/c1-11-5-2-3-8-13(11)20-25(21,22)15-10-9-14(23-15)17-19-18-16(24-17)12-6-4-7-12/h2-3,5,8-10,12,20H,4,6-7H2,1H3. The Bertz CT molecular complexity index is 1000. The highest BCUT2D eigenvalue weighted by atomic mass is 32.2. The summed E-state index contributed by atoms with van der Waals surface area (Å²) in [4.78, 5) is 0. The van der Waals surface area contributed by atoms with Gasteiger partial charge < -0.3 is 8.83 Å². The van der Waals surface area contributed by atoms with Crippen LogP contribution in [-0.4, -0.2) is 18.6 Å². The van der Waals surface area contributed by atoms with E-state index in [9.17, 15) is 8.42 Å². The highest BCUT2D eigenvalue weighted by Gasteiger charge is 2.27. The summed E-state index contributed by atoms with van der Waals surface area (Å²) < 4.78 is 38.6. The van der Waals surface area contributed by atoms with Gasteiger partial charge in [0.15, 0.2) is 5.76 Å². The molecular formula is C17H17N3O4S. The van der Waals surface area contributed by atoms with Gasteiger partial charge in [-0.3, -0.25) is 4.72 Å². The molecular weight excluding hydrogens is 342 g/mol. The van der Waals surface area contributed by atoms with E-state index >= 15 is 0 Å². The van der Waals surface area contributed by atoms with Gasteiger partial charge in [0.25, 0.3) is 15.9 Å². The first-order chi connectivity index (χ1) is 12.0. The minimum absolute atomic E-state index is 0.194. The van der Waals surface area contributed by atoms with Gasteiger partial charge >= 0.3 is 0 Å². The van der Waals surface area contributed by atoms with E-state index < -0.39 is 10.0 Å². The molecule has 0 atom stereocenters. The average molecular weight is 359 g/mol. The molecule has 25 heavy (non-hydrogen) atoms. The number of aryl methyl sites for hydroxylation is 1. The molecule has 0 unspecified atom stereocenters. The van der Waals surface area contributed by atoms with Gasteiger partial charge in [-0.05, 0) is 43.5 Å². The summed E-state index contributed by atoms with van der Waals surface area (Å²) in [5.74, 6) is 1.32. The Balaban J connectivity index is 1.57. The Hall–Kier alpha value is -2.61. The minimum atomic E-state index is -3.83. The number of nitrogens with one attached hydrogen (secondary N) is 1. The second kappa shape index (κ2) is 6.03. The molecule has 3 aromatic rings. The predicted octanol–water partition coefficient (Wildman–Crippen LogP) is 3.71. The second-order valence-corrected chi connectivity index (χ2v) is 7.73. The van der Waals surface area contributed by atoms with E-state index in [0.717, 1.165) is 24.8 Å². The van der Waals surface area contributed by atoms with E-state index in [2.05, 4.69) is 14.9 Å². The van der Waals surface area contributed by atoms with Crippen molar-refractivity contribution in [2.24, 2.45) is 0 Å². The van der Waals surface area contributed by atoms with E-state index in [1.165, 1.54) is 12.1 Å². The zero-order chi connectivity index (χ0) is 17.4. The number of nitrogens with zero attached hydrogens (tertiary/aromatic N) is 2. The first-order valence-corrected chi connectivity index (χ1v) is 9.53. The molecule has 4 rings (SSSR count). The lowest BCUT2D eigenvalue weighted by molar-refractivity contribution is 0.334. The van der Waals surface area contributed by atoms with Gasteiger partial charge in [0.2, 0.25) is 11.0 Å². The topological polar surface area (TPSA) is 98.2 Å². The number of sulfonamides is 1. The third-order valence-electron chi connectivity index (χ3n) is 4.34. The van der Waals surface area contributed by atoms with Crippen LogP contribution in [0.2, 0.25) is 0 Å². The quantitative estimate of drug-likeness (QED) is 0.746. The zero-order valence-corrected chi connectivity index (χ0v) is 14.4. The minimum Gasteiger partial charge on any atom is -0.438 e. The number of aromatic nitrogens is 2. The van der Waals surface area contributed by atoms with Crippen LogP contribution in [0.3, 0.4) is 0 Å². The number of anilines is 1. The van der Waals surface area contributed by atoms with Gasteiger partial charge in [-0.2, -0.15) is 8.42 Å². The molecule has 1 saturated carbocycles. The molecule has 0 aliphatic heterocycles. The lowest BCUT2D eigenvalue weighted by atomic mass is 9.85. The molecule has 2 heterocycles. The number of furan rings is 1. The van der Waals surface area contributed by atoms with Crippen LogP contribution in [0.25, 0.3) is 11.7 Å². The van der Waals surface area contributed by atoms with Crippen molar-refractivity contribution < 1.29 is 17.3 Å². The molecule has 1 aliphatic carbocycles. The zero-order valence-electron chi connectivity index (χ0n) is 13.6. The van der Waals surface area contributed by atoms with Crippen LogP contribution in [0.5, 0.6) is 0 Å². The third-order valence-corrected chi connectivity index (χ3v) is 5.58. The van der Waals surface area contributed by atoms with E-state index in [1.807, 2.05) is 19.1 Å². The fourth-order valence-electron chi connectivity index (χ4n) is 2.62. The largest absolute Gasteiger partial charge is 0.438 e. The summed E-state index contributed by atoms with van der Waals surface area (Å²) >= 11 is 0. The summed E-state index contributed by atoms with van der Waals surface area (Å²) in [7, 11) is -3.83. The fraction of sp³-hybridized carbons (Fsp3) is 0.294. The van der Waals surface area contributed by atoms with E-state index in [1.54, 1.807) is 12.1 Å². The van der Waals surface area contributed by atoms with Crippen LogP contribution in [0, 0.1) is 6.92 Å². The summed E-state index contributed by atoms with van der Waals surface area (Å²) in [6.07, 6.45) is 3.25. The Labute approximate surface area is 145 Å². The van der Waals surface area contributed by atoms with Crippen molar-refractivity contribution >= 4 is 15.7 Å². The highest BCUT2D eigenvalue weighted by molar-refractivity contribution is 7.92. The monoisotopic (exact) mass is 359 g/mol. The molecule has 2 aromatic heterocycles. The van der Waals surface area contributed by atoms with Gasteiger partial charge in [0, 0.05) is 5.92 Å². The molecule has 0 amide bonds. The summed E-state index contributed by atoms with van der Waals surface area (Å²) in [5.41, 5.74) is 1.32. The van der Waals surface area contributed by atoms with Crippen molar-refractivity contribution in [3.05, 3.63) is 47.9 Å². The molecule has 0 radical (unpaired) electrons. The van der Waals surface area contributed by atoms with Crippen LogP contribution in [0.15, 0.2) is 50.3 Å². The Morgan fingerprint density at radius 1 is 1.08 bits per heavy atom. The molecule has 130 valence electrons. The maximum Gasteiger partial charge on any atom is 0.295 e. The average Bonchev–Trinajstić information content (AvgIpc) is 3.17. The molecule has 0 saturated heterocycles. The van der Waals surface area contributed by atoms with Crippen molar-refractivity contribution in [3.63, 3.8) is 0 Å². The van der Waals surface area contributed by atoms with E-state index in [4.69, 9.17) is 8.83 Å². The number of hydrogen-bond acceptors (Lipinski definition) is 6. The second-order valence-electron chi connectivity index (χ2n) is 6.11. The highest BCUT2D eigenvalue weighted by Crippen LogP contribution is 2.36. The van der Waals surface area contributed by atoms with Gasteiger partial charge in [-0.1, -0.05) is 24.6 Å². The van der Waals surface area contributed by atoms with Crippen LogP contribution < -0.4 is 4.72 Å². The molecule has 1 fully saturated rings. The Morgan fingerprint density at radius 3 is 2.60 bits per heavy atom. The molecule has 0 bridgehead atoms. The summed E-state index contributed by atoms with van der Waals surface area (Å²) in [6.45, 7) is 1.83. The van der Waals surface area contributed by atoms with Crippen LogP contribution in [0.1, 0.15) is 36.6 Å². The maximum atomic E-state index is 12.5. The van der Waals surface area contributed by atoms with Crippen LogP contribution in [-0.2, 0) is 10.0 Å². The lowest BCUT2D eigenvalue weighted by Gasteiger charge is -2.20. The molecule has 0 spiro atoms. The fourth-order valence-corrected chi connectivity index (χ4v) is 3.68. The first kappa shape index (κ1) is 15.9. The normalized spacial score (nSPS) is 15.1. The number of para-hydroxylation sites is 1. The molecule has 1 aromatic carbocycles. The molecule has 1 N–H and O–H groups in total. The summed E-state index contributed by atoms with van der Waals surface area (Å²) in [5, 5.41) is 7.78. The van der Waals surface area contributed by atoms with E-state index in [-0.39, 0.29) is 16.7 Å². The van der Waals surface area contributed by atoms with Gasteiger partial charge in [-0.15, -0.1) is 10.2 Å². The van der Waals surface area contributed by atoms with Crippen molar-refractivity contribution in [1.29, 1.82) is 0 Å². The predicted molar refractivity (Wildman–Crippen MR) is 90.6 cm³/mol. The van der Waals surface area contributed by atoms with Crippen molar-refractivity contribution in [3.8, 4) is 11.7 Å². The molecule has 8 heteroatoms. The smallest absolute Gasteiger partial charge is 0.295 e. The first-order valence-electron chi connectivity index (χ1n) is 8.05. The van der Waals surface area contributed by atoms with Crippen molar-refractivity contribution in [1.82, 2.24) is 10.2 Å². The van der Waals surface area contributed by atoms with Crippen LogP contribution >= 0.6 is 0 Å². The van der Waals surface area contributed by atoms with Crippen LogP contribution in [0.4, 0.5) is 5.69 Å². The summed E-state index contributed by atoms with van der Waals surface area (Å²) in [6, 6.07) is 10.0. The number of rotatable bonds is 5. The third kappa shape index (κ3) is 3.05. The molecule has 1 aliphatic rings. The molecule has 7 nitrogen and oxygen atoms in total. The Kier molecular flexibility index (Phi) is 3.84. The van der Waals surface area contributed by atoms with Crippen molar-refractivity contribution in [2.75, 3.05) is 4.72 Å². The number of hydrogen-bond donors (Lipinski definition) is 1. The van der Waals surface area contributed by atoms with E-state index in [0.29, 0.717) is 17.5 Å². The van der Waals surface area contributed by atoms with Gasteiger partial charge in [0.05, 0.1) is 5.69 Å².